The Kier molecular flexibility index (Phi) is 4.26. The number of para-hydroxylation sites is 3. The molecule has 1 N–H and O–H groups in total. The van der Waals surface area contributed by atoms with Gasteiger partial charge in [-0.25, -0.2) is 0 Å². The van der Waals surface area contributed by atoms with E-state index in [4.69, 9.17) is 9.15 Å². The molecule has 0 radical (unpaired) electrons. The van der Waals surface area contributed by atoms with E-state index in [-0.39, 0.29) is 0 Å². The first-order valence-electron chi connectivity index (χ1n) is 13.6. The lowest BCUT2D eigenvalue weighted by Gasteiger charge is -2.39. The van der Waals surface area contributed by atoms with Gasteiger partial charge in [0, 0.05) is 22.2 Å². The summed E-state index contributed by atoms with van der Waals surface area (Å²) in [5.74, 6) is 1.80. The average molecular weight is 514 g/mol. The Morgan fingerprint density at radius 1 is 0.500 bits per heavy atom. The lowest BCUT2D eigenvalue weighted by molar-refractivity contribution is 0.436. The number of furan rings is 1. The lowest BCUT2D eigenvalue weighted by Crippen LogP contribution is -2.32. The van der Waals surface area contributed by atoms with Crippen LogP contribution in [0.4, 0.5) is 11.4 Å². The number of benzene rings is 6. The van der Waals surface area contributed by atoms with E-state index in [2.05, 4.69) is 115 Å². The minimum Gasteiger partial charge on any atom is -0.457 e. The summed E-state index contributed by atoms with van der Waals surface area (Å²) in [7, 11) is 0. The van der Waals surface area contributed by atoms with Crippen molar-refractivity contribution >= 4 is 33.3 Å². The number of ether oxygens (including phenoxy) is 1. The molecule has 1 aromatic heterocycles. The van der Waals surface area contributed by atoms with E-state index in [0.717, 1.165) is 44.8 Å². The van der Waals surface area contributed by atoms with Crippen molar-refractivity contribution in [3.8, 4) is 22.6 Å². The van der Waals surface area contributed by atoms with Crippen LogP contribution >= 0.6 is 0 Å². The summed E-state index contributed by atoms with van der Waals surface area (Å²) < 4.78 is 12.6. The Balaban J connectivity index is 1.31. The minimum absolute atomic E-state index is 0.483. The molecule has 0 saturated carbocycles. The number of nitrogens with one attached hydrogen (secondary N) is 1. The smallest absolute Gasteiger partial charge is 0.137 e. The molecule has 6 aromatic carbocycles. The van der Waals surface area contributed by atoms with Crippen LogP contribution in [0.25, 0.3) is 33.1 Å². The number of fused-ring (bicyclic) bond motifs is 12. The second kappa shape index (κ2) is 7.87. The molecule has 40 heavy (non-hydrogen) atoms. The molecule has 3 heteroatoms. The first-order chi connectivity index (χ1) is 19.8. The highest BCUT2D eigenvalue weighted by Crippen LogP contribution is 2.62. The maximum Gasteiger partial charge on any atom is 0.137 e. The van der Waals surface area contributed by atoms with Gasteiger partial charge in [0.05, 0.1) is 16.5 Å². The fraction of sp³-hybridized carbons (Fsp3) is 0.0270. The van der Waals surface area contributed by atoms with E-state index in [0.29, 0.717) is 0 Å². The molecule has 0 atom stereocenters. The summed E-state index contributed by atoms with van der Waals surface area (Å²) in [5, 5.41) is 5.97. The Morgan fingerprint density at radius 2 is 1.15 bits per heavy atom. The SMILES string of the molecule is c1ccc2c(c1)Oc1ccccc1C21c2ccccc2-c2ccc(Nc3cccc4oc5ccccc5c34)cc21. The van der Waals surface area contributed by atoms with Gasteiger partial charge in [-0.2, -0.15) is 0 Å². The predicted octanol–water partition coefficient (Wildman–Crippen LogP) is 9.80. The quantitative estimate of drug-likeness (QED) is 0.250. The molecule has 2 heterocycles. The molecule has 0 unspecified atom stereocenters. The summed E-state index contributed by atoms with van der Waals surface area (Å²) in [6, 6.07) is 46.9. The van der Waals surface area contributed by atoms with Gasteiger partial charge in [-0.05, 0) is 64.7 Å². The van der Waals surface area contributed by atoms with Crippen molar-refractivity contribution in [2.45, 2.75) is 5.41 Å². The first-order valence-corrected chi connectivity index (χ1v) is 13.6. The topological polar surface area (TPSA) is 34.4 Å². The summed E-state index contributed by atoms with van der Waals surface area (Å²) >= 11 is 0. The number of anilines is 2. The van der Waals surface area contributed by atoms with E-state index >= 15 is 0 Å². The zero-order valence-corrected chi connectivity index (χ0v) is 21.5. The van der Waals surface area contributed by atoms with Crippen molar-refractivity contribution in [3.63, 3.8) is 0 Å². The highest BCUT2D eigenvalue weighted by atomic mass is 16.5. The van der Waals surface area contributed by atoms with Crippen LogP contribution < -0.4 is 10.1 Å². The summed E-state index contributed by atoms with van der Waals surface area (Å²) in [6.07, 6.45) is 0. The first kappa shape index (κ1) is 21.6. The van der Waals surface area contributed by atoms with Crippen LogP contribution in [0, 0.1) is 0 Å². The van der Waals surface area contributed by atoms with E-state index in [1.54, 1.807) is 0 Å². The Labute approximate surface area is 231 Å². The minimum atomic E-state index is -0.483. The van der Waals surface area contributed by atoms with Crippen LogP contribution in [0.15, 0.2) is 138 Å². The summed E-state index contributed by atoms with van der Waals surface area (Å²) in [6.45, 7) is 0. The largest absolute Gasteiger partial charge is 0.457 e. The maximum atomic E-state index is 6.47. The monoisotopic (exact) mass is 513 g/mol. The van der Waals surface area contributed by atoms with E-state index in [1.165, 1.54) is 33.4 Å². The highest BCUT2D eigenvalue weighted by Gasteiger charge is 2.50. The molecular weight excluding hydrogens is 490 g/mol. The third kappa shape index (κ3) is 2.73. The zero-order valence-electron chi connectivity index (χ0n) is 21.5. The molecule has 0 fully saturated rings. The van der Waals surface area contributed by atoms with Crippen LogP contribution in [-0.4, -0.2) is 0 Å². The van der Waals surface area contributed by atoms with Gasteiger partial charge in [0.2, 0.25) is 0 Å². The number of hydrogen-bond acceptors (Lipinski definition) is 3. The highest BCUT2D eigenvalue weighted by molar-refractivity contribution is 6.12. The summed E-state index contributed by atoms with van der Waals surface area (Å²) in [4.78, 5) is 0. The van der Waals surface area contributed by atoms with Gasteiger partial charge in [0.25, 0.3) is 0 Å². The fourth-order valence-corrected chi connectivity index (χ4v) is 6.97. The molecule has 9 rings (SSSR count). The normalized spacial score (nSPS) is 13.9. The van der Waals surface area contributed by atoms with E-state index in [9.17, 15) is 0 Å². The molecule has 1 aliphatic carbocycles. The average Bonchev–Trinajstić information content (AvgIpc) is 3.52. The van der Waals surface area contributed by atoms with Crippen LogP contribution in [0.3, 0.4) is 0 Å². The molecule has 0 amide bonds. The zero-order chi connectivity index (χ0) is 26.3. The van der Waals surface area contributed by atoms with Crippen LogP contribution in [0.1, 0.15) is 22.3 Å². The van der Waals surface area contributed by atoms with Gasteiger partial charge in [0.15, 0.2) is 0 Å². The van der Waals surface area contributed by atoms with Crippen LogP contribution in [0.5, 0.6) is 11.5 Å². The Hall–Kier alpha value is -5.28. The summed E-state index contributed by atoms with van der Waals surface area (Å²) in [5.41, 5.74) is 10.7. The third-order valence-electron chi connectivity index (χ3n) is 8.53. The van der Waals surface area contributed by atoms with E-state index < -0.39 is 5.41 Å². The van der Waals surface area contributed by atoms with Gasteiger partial charge < -0.3 is 14.5 Å². The standard InChI is InChI=1S/C37H23NO2/c1-3-12-27-24(10-1)25-21-20-23(38-31-15-9-19-35-36(31)26-11-2-6-16-32(26)39-35)22-30(25)37(27)28-13-4-7-17-33(28)40-34-18-8-5-14-29(34)37/h1-22,38H. The molecular formula is C37H23NO2. The molecule has 0 bridgehead atoms. The molecule has 2 aliphatic rings. The van der Waals surface area contributed by atoms with Crippen molar-refractivity contribution in [2.24, 2.45) is 0 Å². The third-order valence-corrected chi connectivity index (χ3v) is 8.53. The molecule has 1 aliphatic heterocycles. The Morgan fingerprint density at radius 3 is 1.98 bits per heavy atom. The molecule has 3 nitrogen and oxygen atoms in total. The van der Waals surface area contributed by atoms with Crippen molar-refractivity contribution in [1.82, 2.24) is 0 Å². The van der Waals surface area contributed by atoms with Gasteiger partial charge >= 0.3 is 0 Å². The molecule has 0 saturated heterocycles. The van der Waals surface area contributed by atoms with E-state index in [1.807, 2.05) is 24.3 Å². The molecule has 7 aromatic rings. The second-order valence-electron chi connectivity index (χ2n) is 10.6. The van der Waals surface area contributed by atoms with Gasteiger partial charge in [-0.15, -0.1) is 0 Å². The fourth-order valence-electron chi connectivity index (χ4n) is 6.97. The molecule has 1 spiro atoms. The van der Waals surface area contributed by atoms with Crippen molar-refractivity contribution < 1.29 is 9.15 Å². The Bertz CT molecular complexity index is 2090. The van der Waals surface area contributed by atoms with Crippen LogP contribution in [-0.2, 0) is 5.41 Å². The van der Waals surface area contributed by atoms with Gasteiger partial charge in [-0.1, -0.05) is 91.0 Å². The van der Waals surface area contributed by atoms with Gasteiger partial charge in [0.1, 0.15) is 22.7 Å². The molecule has 188 valence electrons. The maximum absolute atomic E-state index is 6.47. The van der Waals surface area contributed by atoms with Crippen molar-refractivity contribution in [3.05, 3.63) is 156 Å². The lowest BCUT2D eigenvalue weighted by atomic mass is 9.66. The predicted molar refractivity (Wildman–Crippen MR) is 161 cm³/mol. The number of rotatable bonds is 2. The number of hydrogen-bond donors (Lipinski definition) is 1. The van der Waals surface area contributed by atoms with Crippen LogP contribution in [0.2, 0.25) is 0 Å². The second-order valence-corrected chi connectivity index (χ2v) is 10.6. The van der Waals surface area contributed by atoms with Gasteiger partial charge in [-0.3, -0.25) is 0 Å². The van der Waals surface area contributed by atoms with Crippen molar-refractivity contribution in [1.29, 1.82) is 0 Å². The van der Waals surface area contributed by atoms with Crippen molar-refractivity contribution in [2.75, 3.05) is 5.32 Å².